The van der Waals surface area contributed by atoms with Gasteiger partial charge in [-0.05, 0) is 37.0 Å². The third-order valence-electron chi connectivity index (χ3n) is 4.22. The zero-order chi connectivity index (χ0) is 13.1. The lowest BCUT2D eigenvalue weighted by Crippen LogP contribution is -2.56. The molecule has 0 spiro atoms. The maximum absolute atomic E-state index is 6.02. The first-order valence-corrected chi connectivity index (χ1v) is 7.61. The summed E-state index contributed by atoms with van der Waals surface area (Å²) in [6.07, 6.45) is 8.56. The molecule has 2 fully saturated rings. The Morgan fingerprint density at radius 2 is 2.26 bits per heavy atom. The van der Waals surface area contributed by atoms with Crippen molar-refractivity contribution in [3.05, 3.63) is 40.9 Å². The fourth-order valence-electron chi connectivity index (χ4n) is 3.25. The van der Waals surface area contributed by atoms with E-state index in [1.54, 1.807) is 0 Å². The molecule has 2 atom stereocenters. The van der Waals surface area contributed by atoms with Crippen LogP contribution in [0.4, 0.5) is 0 Å². The number of hydrogen-bond acceptors (Lipinski definition) is 2. The van der Waals surface area contributed by atoms with Gasteiger partial charge < -0.3 is 5.32 Å². The van der Waals surface area contributed by atoms with Crippen molar-refractivity contribution in [1.82, 2.24) is 10.2 Å². The quantitative estimate of drug-likeness (QED) is 0.893. The molecule has 2 heterocycles. The number of piperazine rings is 1. The van der Waals surface area contributed by atoms with Gasteiger partial charge in [-0.1, -0.05) is 35.9 Å². The highest BCUT2D eigenvalue weighted by atomic mass is 35.5. The number of hydrogen-bond donors (Lipinski definition) is 1. The van der Waals surface area contributed by atoms with Crippen LogP contribution < -0.4 is 5.32 Å². The summed E-state index contributed by atoms with van der Waals surface area (Å²) in [6.45, 7) is 3.45. The number of nitrogens with zero attached hydrogens (tertiary/aromatic N) is 1. The average Bonchev–Trinajstić information content (AvgIpc) is 2.45. The molecule has 1 aromatic carbocycles. The molecule has 2 saturated heterocycles. The predicted molar refractivity (Wildman–Crippen MR) is 81.5 cm³/mol. The average molecular weight is 277 g/mol. The van der Waals surface area contributed by atoms with E-state index in [4.69, 9.17) is 11.6 Å². The third-order valence-corrected chi connectivity index (χ3v) is 4.45. The fraction of sp³-hybridized carbons (Fsp3) is 0.500. The Balaban J connectivity index is 1.71. The highest BCUT2D eigenvalue weighted by molar-refractivity contribution is 6.30. The van der Waals surface area contributed by atoms with Gasteiger partial charge in [-0.25, -0.2) is 0 Å². The molecular weight excluding hydrogens is 256 g/mol. The van der Waals surface area contributed by atoms with Crippen LogP contribution in [-0.4, -0.2) is 36.6 Å². The molecule has 0 aliphatic carbocycles. The van der Waals surface area contributed by atoms with Crippen molar-refractivity contribution >= 4 is 17.7 Å². The second-order valence-corrected chi connectivity index (χ2v) is 5.94. The zero-order valence-electron chi connectivity index (χ0n) is 11.2. The van der Waals surface area contributed by atoms with Gasteiger partial charge in [0.1, 0.15) is 0 Å². The van der Waals surface area contributed by atoms with E-state index in [9.17, 15) is 0 Å². The minimum Gasteiger partial charge on any atom is -0.314 e. The lowest BCUT2D eigenvalue weighted by atomic mass is 9.93. The first-order chi connectivity index (χ1) is 9.33. The zero-order valence-corrected chi connectivity index (χ0v) is 11.9. The van der Waals surface area contributed by atoms with Crippen LogP contribution in [0.5, 0.6) is 0 Å². The van der Waals surface area contributed by atoms with Crippen LogP contribution in [0, 0.1) is 0 Å². The van der Waals surface area contributed by atoms with Gasteiger partial charge in [0.2, 0.25) is 0 Å². The summed E-state index contributed by atoms with van der Waals surface area (Å²) in [5, 5.41) is 4.31. The van der Waals surface area contributed by atoms with E-state index in [0.29, 0.717) is 6.04 Å². The molecule has 2 aliphatic heterocycles. The molecule has 3 heteroatoms. The van der Waals surface area contributed by atoms with Crippen LogP contribution >= 0.6 is 11.6 Å². The molecule has 102 valence electrons. The predicted octanol–water partition coefficient (Wildman–Crippen LogP) is 3.18. The van der Waals surface area contributed by atoms with Crippen LogP contribution in [0.15, 0.2) is 30.3 Å². The molecule has 2 nitrogen and oxygen atoms in total. The monoisotopic (exact) mass is 276 g/mol. The lowest BCUT2D eigenvalue weighted by molar-refractivity contribution is 0.0856. The van der Waals surface area contributed by atoms with Crippen molar-refractivity contribution in [1.29, 1.82) is 0 Å². The molecule has 0 bridgehead atoms. The van der Waals surface area contributed by atoms with Gasteiger partial charge in [-0.2, -0.15) is 0 Å². The number of rotatable bonds is 2. The van der Waals surface area contributed by atoms with Crippen molar-refractivity contribution in [2.45, 2.75) is 31.3 Å². The van der Waals surface area contributed by atoms with E-state index < -0.39 is 0 Å². The third kappa shape index (κ3) is 3.19. The summed E-state index contributed by atoms with van der Waals surface area (Å²) >= 11 is 6.02. The smallest absolute Gasteiger partial charge is 0.0411 e. The Labute approximate surface area is 120 Å². The Hall–Kier alpha value is -0.830. The summed E-state index contributed by atoms with van der Waals surface area (Å²) < 4.78 is 0. The number of fused-ring (bicyclic) bond motifs is 1. The normalized spacial score (nSPS) is 28.5. The Bertz CT molecular complexity index is 456. The van der Waals surface area contributed by atoms with Gasteiger partial charge >= 0.3 is 0 Å². The highest BCUT2D eigenvalue weighted by Crippen LogP contribution is 2.25. The molecule has 0 radical (unpaired) electrons. The van der Waals surface area contributed by atoms with Crippen LogP contribution in [0.25, 0.3) is 6.08 Å². The summed E-state index contributed by atoms with van der Waals surface area (Å²) in [7, 11) is 0. The highest BCUT2D eigenvalue weighted by Gasteiger charge is 2.30. The Morgan fingerprint density at radius 1 is 1.32 bits per heavy atom. The molecule has 3 rings (SSSR count). The number of nitrogens with one attached hydrogen (secondary N) is 1. The topological polar surface area (TPSA) is 15.3 Å². The van der Waals surface area contributed by atoms with Gasteiger partial charge in [0.05, 0.1) is 0 Å². The molecule has 0 aromatic heterocycles. The van der Waals surface area contributed by atoms with Crippen LogP contribution in [-0.2, 0) is 0 Å². The van der Waals surface area contributed by atoms with Crippen LogP contribution in [0.3, 0.4) is 0 Å². The summed E-state index contributed by atoms with van der Waals surface area (Å²) in [6, 6.07) is 9.40. The second kappa shape index (κ2) is 6.08. The van der Waals surface area contributed by atoms with Gasteiger partial charge in [-0.15, -0.1) is 0 Å². The molecule has 1 unspecified atom stereocenters. The minimum atomic E-state index is 0.597. The number of halogens is 1. The van der Waals surface area contributed by atoms with Crippen molar-refractivity contribution in [3.8, 4) is 0 Å². The van der Waals surface area contributed by atoms with E-state index in [-0.39, 0.29) is 0 Å². The molecule has 2 aliphatic rings. The molecule has 0 amide bonds. The van der Waals surface area contributed by atoms with E-state index >= 15 is 0 Å². The van der Waals surface area contributed by atoms with E-state index in [1.807, 2.05) is 18.2 Å². The van der Waals surface area contributed by atoms with E-state index in [2.05, 4.69) is 28.4 Å². The molecule has 1 N–H and O–H groups in total. The SMILES string of the molecule is Clc1cccc(C=CC2CCC[C@H]3CNCCN23)c1. The first kappa shape index (κ1) is 13.2. The Morgan fingerprint density at radius 3 is 3.16 bits per heavy atom. The van der Waals surface area contributed by atoms with E-state index in [1.165, 1.54) is 31.4 Å². The maximum atomic E-state index is 6.02. The summed E-state index contributed by atoms with van der Waals surface area (Å²) in [4.78, 5) is 2.67. The van der Waals surface area contributed by atoms with Crippen LogP contribution in [0.1, 0.15) is 24.8 Å². The minimum absolute atomic E-state index is 0.597. The van der Waals surface area contributed by atoms with Crippen molar-refractivity contribution in [2.75, 3.05) is 19.6 Å². The van der Waals surface area contributed by atoms with Crippen molar-refractivity contribution in [2.24, 2.45) is 0 Å². The first-order valence-electron chi connectivity index (χ1n) is 7.23. The lowest BCUT2D eigenvalue weighted by Gasteiger charge is -2.44. The van der Waals surface area contributed by atoms with Gasteiger partial charge in [0.25, 0.3) is 0 Å². The van der Waals surface area contributed by atoms with Gasteiger partial charge in [-0.3, -0.25) is 4.90 Å². The van der Waals surface area contributed by atoms with Crippen molar-refractivity contribution in [3.63, 3.8) is 0 Å². The standard InChI is InChI=1S/C16H21ClN2/c17-14-4-1-3-13(11-14)7-8-15-5-2-6-16-12-18-9-10-19(15)16/h1,3-4,7-8,11,15-16,18H,2,5-6,9-10,12H2/t15?,16-/m0/s1. The van der Waals surface area contributed by atoms with Gasteiger partial charge in [0.15, 0.2) is 0 Å². The number of piperidine rings is 1. The van der Waals surface area contributed by atoms with Crippen LogP contribution in [0.2, 0.25) is 5.02 Å². The fourth-order valence-corrected chi connectivity index (χ4v) is 3.45. The summed E-state index contributed by atoms with van der Waals surface area (Å²) in [5.41, 5.74) is 1.20. The van der Waals surface area contributed by atoms with Gasteiger partial charge in [0, 0.05) is 36.7 Å². The van der Waals surface area contributed by atoms with Crippen molar-refractivity contribution < 1.29 is 0 Å². The van der Waals surface area contributed by atoms with E-state index in [0.717, 1.165) is 24.2 Å². The largest absolute Gasteiger partial charge is 0.314 e. The number of benzene rings is 1. The molecular formula is C16H21ClN2. The molecule has 1 aromatic rings. The molecule has 19 heavy (non-hydrogen) atoms. The second-order valence-electron chi connectivity index (χ2n) is 5.51. The Kier molecular flexibility index (Phi) is 4.21. The maximum Gasteiger partial charge on any atom is 0.0411 e. The summed E-state index contributed by atoms with van der Waals surface area (Å²) in [5.74, 6) is 0. The molecule has 0 saturated carbocycles.